The third-order valence-corrected chi connectivity index (χ3v) is 1.12. The van der Waals surface area contributed by atoms with Crippen molar-refractivity contribution < 1.29 is 38.4 Å². The van der Waals surface area contributed by atoms with Crippen molar-refractivity contribution in [3.8, 4) is 0 Å². The zero-order chi connectivity index (χ0) is 11.9. The fraction of sp³-hybridized carbons (Fsp3) is 0.833. The third kappa shape index (κ3) is 9.07. The first-order chi connectivity index (χ1) is 6.12. The summed E-state index contributed by atoms with van der Waals surface area (Å²) in [6.07, 6.45) is -11.0. The van der Waals surface area contributed by atoms with Crippen molar-refractivity contribution in [1.29, 1.82) is 0 Å². The number of hydrogen-bond acceptors (Lipinski definition) is 3. The Labute approximate surface area is 77.4 Å². The largest absolute Gasteiger partial charge is 0.503 e. The first-order valence-electron chi connectivity index (χ1n) is 3.47. The lowest BCUT2D eigenvalue weighted by molar-refractivity contribution is -0.230. The minimum absolute atomic E-state index is 0.110. The fourth-order valence-electron chi connectivity index (χ4n) is 0.441. The molecule has 4 N–H and O–H groups in total. The molecule has 0 aromatic carbocycles. The summed E-state index contributed by atoms with van der Waals surface area (Å²) < 4.78 is 34.4. The van der Waals surface area contributed by atoms with Gasteiger partial charge in [0.25, 0.3) is 0 Å². The summed E-state index contributed by atoms with van der Waals surface area (Å²) in [6.45, 7) is 1.36. The predicted molar refractivity (Wildman–Crippen MR) is 39.0 cm³/mol. The Bertz CT molecular complexity index is 165. The highest BCUT2D eigenvalue weighted by Crippen LogP contribution is 2.23. The van der Waals surface area contributed by atoms with E-state index in [0.29, 0.717) is 0 Å². The quantitative estimate of drug-likeness (QED) is 0.554. The van der Waals surface area contributed by atoms with Crippen molar-refractivity contribution in [2.75, 3.05) is 0 Å². The zero-order valence-corrected chi connectivity index (χ0v) is 7.19. The lowest BCUT2D eigenvalue weighted by Gasteiger charge is -2.18. The summed E-state index contributed by atoms with van der Waals surface area (Å²) in [5, 5.41) is 30.7. The number of rotatable bonds is 2. The maximum atomic E-state index is 11.5. The van der Waals surface area contributed by atoms with E-state index in [9.17, 15) is 13.2 Å². The van der Waals surface area contributed by atoms with Gasteiger partial charge in [0.1, 0.15) is 0 Å². The molecule has 0 fully saturated rings. The molecule has 5 nitrogen and oxygen atoms in total. The molecule has 8 heteroatoms. The second-order valence-corrected chi connectivity index (χ2v) is 2.24. The highest BCUT2D eigenvalue weighted by molar-refractivity contribution is 5.53. The Kier molecular flexibility index (Phi) is 7.10. The van der Waals surface area contributed by atoms with Gasteiger partial charge in [0.2, 0.25) is 0 Å². The molecule has 14 heavy (non-hydrogen) atoms. The monoisotopic (exact) mass is 220 g/mol. The van der Waals surface area contributed by atoms with Gasteiger partial charge >= 0.3 is 12.3 Å². The number of alkyl halides is 3. The highest BCUT2D eigenvalue weighted by atomic mass is 19.4. The van der Waals surface area contributed by atoms with E-state index in [4.69, 9.17) is 25.2 Å². The van der Waals surface area contributed by atoms with Gasteiger partial charge in [-0.3, -0.25) is 0 Å². The molecule has 0 aliphatic heterocycles. The van der Waals surface area contributed by atoms with Gasteiger partial charge < -0.3 is 20.4 Å². The molecule has 0 aromatic heterocycles. The summed E-state index contributed by atoms with van der Waals surface area (Å²) in [4.78, 5) is 8.56. The molecule has 0 heterocycles. The van der Waals surface area contributed by atoms with Crippen LogP contribution < -0.4 is 0 Å². The van der Waals surface area contributed by atoms with Gasteiger partial charge in [0.15, 0.2) is 6.10 Å². The molecule has 0 amide bonds. The van der Waals surface area contributed by atoms with Crippen LogP contribution in [0.4, 0.5) is 18.0 Å². The summed E-state index contributed by atoms with van der Waals surface area (Å²) >= 11 is 0. The maximum absolute atomic E-state index is 11.5. The number of halogens is 3. The lowest BCUT2D eigenvalue weighted by atomic mass is 10.1. The van der Waals surface area contributed by atoms with Crippen LogP contribution >= 0.6 is 0 Å². The van der Waals surface area contributed by atoms with Crippen LogP contribution in [0.5, 0.6) is 0 Å². The standard InChI is InChI=1S/C5H9F3O2.CH2O3/c1-2-3(9)4(10)5(6,7)8;2-1(3)4/h3-4,9-10H,2H2,1H3;(H2,2,3,4). The topological polar surface area (TPSA) is 98.0 Å². The first-order valence-corrected chi connectivity index (χ1v) is 3.47. The molecular formula is C6H11F3O5. The Morgan fingerprint density at radius 1 is 1.29 bits per heavy atom. The average molecular weight is 220 g/mol. The van der Waals surface area contributed by atoms with Gasteiger partial charge in [-0.15, -0.1) is 0 Å². The smallest absolute Gasteiger partial charge is 0.450 e. The normalized spacial score (nSPS) is 15.0. The van der Waals surface area contributed by atoms with E-state index in [0.717, 1.165) is 0 Å². The van der Waals surface area contributed by atoms with Crippen LogP contribution in [0.15, 0.2) is 0 Å². The lowest BCUT2D eigenvalue weighted by Crippen LogP contribution is -2.39. The number of carbonyl (C=O) groups is 1. The van der Waals surface area contributed by atoms with E-state index in [1.165, 1.54) is 6.92 Å². The van der Waals surface area contributed by atoms with Crippen molar-refractivity contribution in [3.63, 3.8) is 0 Å². The van der Waals surface area contributed by atoms with E-state index < -0.39 is 24.5 Å². The van der Waals surface area contributed by atoms with Crippen LogP contribution in [0, 0.1) is 0 Å². The molecule has 86 valence electrons. The van der Waals surface area contributed by atoms with Crippen LogP contribution in [0.2, 0.25) is 0 Å². The highest BCUT2D eigenvalue weighted by Gasteiger charge is 2.42. The summed E-state index contributed by atoms with van der Waals surface area (Å²) in [6, 6.07) is 0. The Balaban J connectivity index is 0. The molecule has 0 spiro atoms. The summed E-state index contributed by atoms with van der Waals surface area (Å²) in [5.74, 6) is 0. The Morgan fingerprint density at radius 3 is 1.64 bits per heavy atom. The van der Waals surface area contributed by atoms with Crippen LogP contribution in [-0.4, -0.2) is 45.0 Å². The molecule has 0 rings (SSSR count). The van der Waals surface area contributed by atoms with Crippen molar-refractivity contribution >= 4 is 6.16 Å². The van der Waals surface area contributed by atoms with Gasteiger partial charge in [0, 0.05) is 0 Å². The molecule has 0 bridgehead atoms. The van der Waals surface area contributed by atoms with E-state index >= 15 is 0 Å². The molecule has 0 aliphatic carbocycles. The summed E-state index contributed by atoms with van der Waals surface area (Å²) in [5.41, 5.74) is 0. The zero-order valence-electron chi connectivity index (χ0n) is 7.19. The van der Waals surface area contributed by atoms with Crippen molar-refractivity contribution in [1.82, 2.24) is 0 Å². The number of carboxylic acid groups (broad SMARTS) is 2. The van der Waals surface area contributed by atoms with Crippen LogP contribution in [0.1, 0.15) is 13.3 Å². The maximum Gasteiger partial charge on any atom is 0.503 e. The van der Waals surface area contributed by atoms with E-state index in [-0.39, 0.29) is 6.42 Å². The number of aliphatic hydroxyl groups is 2. The Morgan fingerprint density at radius 2 is 1.57 bits per heavy atom. The van der Waals surface area contributed by atoms with Crippen LogP contribution in [-0.2, 0) is 0 Å². The first kappa shape index (κ1) is 15.5. The average Bonchev–Trinajstić information content (AvgIpc) is 1.99. The second-order valence-electron chi connectivity index (χ2n) is 2.24. The van der Waals surface area contributed by atoms with E-state index in [1.807, 2.05) is 0 Å². The molecule has 0 saturated carbocycles. The fourth-order valence-corrected chi connectivity index (χ4v) is 0.441. The molecule has 2 atom stereocenters. The number of hydrogen-bond donors (Lipinski definition) is 4. The molecule has 0 saturated heterocycles. The molecule has 0 radical (unpaired) electrons. The Hall–Kier alpha value is -1.02. The minimum Gasteiger partial charge on any atom is -0.450 e. The van der Waals surface area contributed by atoms with Gasteiger partial charge in [-0.1, -0.05) is 6.92 Å². The van der Waals surface area contributed by atoms with Gasteiger partial charge in [-0.2, -0.15) is 13.2 Å². The molecule has 2 unspecified atom stereocenters. The molecule has 0 aromatic rings. The van der Waals surface area contributed by atoms with Gasteiger partial charge in [0.05, 0.1) is 6.10 Å². The molecular weight excluding hydrogens is 209 g/mol. The minimum atomic E-state index is -4.71. The molecule has 0 aliphatic rings. The van der Waals surface area contributed by atoms with Gasteiger partial charge in [-0.25, -0.2) is 4.79 Å². The second kappa shape index (κ2) is 6.44. The van der Waals surface area contributed by atoms with Crippen LogP contribution in [0.25, 0.3) is 0 Å². The van der Waals surface area contributed by atoms with Crippen molar-refractivity contribution in [2.24, 2.45) is 0 Å². The van der Waals surface area contributed by atoms with E-state index in [1.54, 1.807) is 0 Å². The van der Waals surface area contributed by atoms with E-state index in [2.05, 4.69) is 0 Å². The SMILES string of the molecule is CCC(O)C(O)C(F)(F)F.O=C(O)O. The van der Waals surface area contributed by atoms with Crippen molar-refractivity contribution in [3.05, 3.63) is 0 Å². The number of aliphatic hydroxyl groups excluding tert-OH is 2. The summed E-state index contributed by atoms with van der Waals surface area (Å²) in [7, 11) is 0. The van der Waals surface area contributed by atoms with Crippen molar-refractivity contribution in [2.45, 2.75) is 31.7 Å². The predicted octanol–water partition coefficient (Wildman–Crippen LogP) is 0.903. The van der Waals surface area contributed by atoms with Crippen LogP contribution in [0.3, 0.4) is 0 Å². The van der Waals surface area contributed by atoms with Gasteiger partial charge in [-0.05, 0) is 6.42 Å². The third-order valence-electron chi connectivity index (χ3n) is 1.12.